The highest BCUT2D eigenvalue weighted by atomic mass is 32.2. The summed E-state index contributed by atoms with van der Waals surface area (Å²) >= 11 is 2.84. The number of fused-ring (bicyclic) bond motifs is 1. The normalized spacial score (nSPS) is 21.1. The number of piperidine rings is 1. The van der Waals surface area contributed by atoms with Crippen molar-refractivity contribution >= 4 is 43.7 Å². The Hall–Kier alpha value is -1.29. The fourth-order valence-corrected chi connectivity index (χ4v) is 7.99. The second kappa shape index (κ2) is 8.83. The SMILES string of the molecule is CCCC1CCc2nc(NC(=O)C3CCN(S(=O)(=O)c4cccs4)CC3)sc2C1. The van der Waals surface area contributed by atoms with Crippen LogP contribution in [0.3, 0.4) is 0 Å². The van der Waals surface area contributed by atoms with Gasteiger partial charge in [0.05, 0.1) is 5.69 Å². The number of sulfonamides is 1. The maximum absolute atomic E-state index is 12.7. The van der Waals surface area contributed by atoms with Gasteiger partial charge in [0.2, 0.25) is 5.91 Å². The van der Waals surface area contributed by atoms with Gasteiger partial charge in [-0.1, -0.05) is 25.8 Å². The number of nitrogens with zero attached hydrogens (tertiary/aromatic N) is 2. The molecule has 2 aromatic heterocycles. The standard InChI is InChI=1S/C20H27N3O3S3/c1-2-4-14-6-7-16-17(13-14)28-20(21-16)22-19(24)15-8-10-23(11-9-15)29(25,26)18-5-3-12-27-18/h3,5,12,14-15H,2,4,6-11,13H2,1H3,(H,21,22,24). The van der Waals surface area contributed by atoms with Gasteiger partial charge in [-0.05, 0) is 49.5 Å². The van der Waals surface area contributed by atoms with Crippen molar-refractivity contribution in [1.29, 1.82) is 0 Å². The Labute approximate surface area is 180 Å². The van der Waals surface area contributed by atoms with Crippen molar-refractivity contribution < 1.29 is 13.2 Å². The number of rotatable bonds is 6. The number of amides is 1. The third-order valence-corrected chi connectivity index (χ3v) is 10.2. The van der Waals surface area contributed by atoms with E-state index in [0.717, 1.165) is 24.5 Å². The summed E-state index contributed by atoms with van der Waals surface area (Å²) in [4.78, 5) is 18.7. The van der Waals surface area contributed by atoms with E-state index in [1.165, 1.54) is 39.8 Å². The van der Waals surface area contributed by atoms with Crippen molar-refractivity contribution in [2.45, 2.75) is 56.1 Å². The Kier molecular flexibility index (Phi) is 6.38. The van der Waals surface area contributed by atoms with Gasteiger partial charge in [0, 0.05) is 23.9 Å². The fourth-order valence-electron chi connectivity index (χ4n) is 4.25. The molecular formula is C20H27N3O3S3. The molecular weight excluding hydrogens is 426 g/mol. The average Bonchev–Trinajstić information content (AvgIpc) is 3.38. The van der Waals surface area contributed by atoms with Crippen LogP contribution in [0, 0.1) is 11.8 Å². The topological polar surface area (TPSA) is 79.4 Å². The Morgan fingerprint density at radius 3 is 2.79 bits per heavy atom. The fraction of sp³-hybridized carbons (Fsp3) is 0.600. The van der Waals surface area contributed by atoms with Crippen molar-refractivity contribution in [3.63, 3.8) is 0 Å². The van der Waals surface area contributed by atoms with Crippen molar-refractivity contribution in [3.05, 3.63) is 28.1 Å². The molecule has 0 spiro atoms. The lowest BCUT2D eigenvalue weighted by Gasteiger charge is -2.29. The van der Waals surface area contributed by atoms with Gasteiger partial charge < -0.3 is 5.32 Å². The van der Waals surface area contributed by atoms with E-state index in [-0.39, 0.29) is 11.8 Å². The number of aryl methyl sites for hydroxylation is 1. The van der Waals surface area contributed by atoms with Crippen LogP contribution in [-0.2, 0) is 27.7 Å². The van der Waals surface area contributed by atoms with Crippen molar-refractivity contribution in [2.24, 2.45) is 11.8 Å². The molecule has 3 heterocycles. The summed E-state index contributed by atoms with van der Waals surface area (Å²) in [5.74, 6) is 0.541. The molecule has 158 valence electrons. The molecule has 0 saturated carbocycles. The number of nitrogens with one attached hydrogen (secondary N) is 1. The van der Waals surface area contributed by atoms with E-state index >= 15 is 0 Å². The molecule has 1 saturated heterocycles. The number of thiophene rings is 1. The molecule has 1 aliphatic carbocycles. The summed E-state index contributed by atoms with van der Waals surface area (Å²) in [6, 6.07) is 3.38. The number of aromatic nitrogens is 1. The lowest BCUT2D eigenvalue weighted by molar-refractivity contribution is -0.120. The second-order valence-electron chi connectivity index (χ2n) is 7.89. The van der Waals surface area contributed by atoms with E-state index in [2.05, 4.69) is 17.2 Å². The minimum absolute atomic E-state index is 0.0330. The molecule has 0 bridgehead atoms. The van der Waals surface area contributed by atoms with E-state index in [4.69, 9.17) is 0 Å². The van der Waals surface area contributed by atoms with Crippen molar-refractivity contribution in [2.75, 3.05) is 18.4 Å². The van der Waals surface area contributed by atoms with Crippen LogP contribution in [0.1, 0.15) is 49.6 Å². The lowest BCUT2D eigenvalue weighted by atomic mass is 9.88. The van der Waals surface area contributed by atoms with E-state index < -0.39 is 10.0 Å². The number of carbonyl (C=O) groups is 1. The summed E-state index contributed by atoms with van der Waals surface area (Å²) < 4.78 is 27.1. The Morgan fingerprint density at radius 1 is 1.31 bits per heavy atom. The molecule has 0 radical (unpaired) electrons. The quantitative estimate of drug-likeness (QED) is 0.713. The molecule has 0 aromatic carbocycles. The third kappa shape index (κ3) is 4.57. The summed E-state index contributed by atoms with van der Waals surface area (Å²) in [7, 11) is -3.43. The van der Waals surface area contributed by atoms with Gasteiger partial charge in [0.1, 0.15) is 4.21 Å². The molecule has 1 fully saturated rings. The molecule has 29 heavy (non-hydrogen) atoms. The van der Waals surface area contributed by atoms with Gasteiger partial charge in [-0.25, -0.2) is 13.4 Å². The van der Waals surface area contributed by atoms with E-state index in [1.54, 1.807) is 28.8 Å². The van der Waals surface area contributed by atoms with Crippen molar-refractivity contribution in [3.8, 4) is 0 Å². The predicted molar refractivity (Wildman–Crippen MR) is 117 cm³/mol. The van der Waals surface area contributed by atoms with Crippen LogP contribution in [0.2, 0.25) is 0 Å². The highest BCUT2D eigenvalue weighted by Gasteiger charge is 2.33. The Bertz CT molecular complexity index is 945. The first kappa shape index (κ1) is 21.0. The molecule has 1 N–H and O–H groups in total. The molecule has 1 amide bonds. The number of hydrogen-bond acceptors (Lipinski definition) is 6. The molecule has 2 aromatic rings. The highest BCUT2D eigenvalue weighted by Crippen LogP contribution is 2.34. The van der Waals surface area contributed by atoms with Gasteiger partial charge >= 0.3 is 0 Å². The second-order valence-corrected chi connectivity index (χ2v) is 12.1. The van der Waals surface area contributed by atoms with E-state index in [1.807, 2.05) is 0 Å². The monoisotopic (exact) mass is 453 g/mol. The van der Waals surface area contributed by atoms with Gasteiger partial charge in [-0.2, -0.15) is 4.31 Å². The zero-order valence-electron chi connectivity index (χ0n) is 16.6. The number of thiazole rings is 1. The summed E-state index contributed by atoms with van der Waals surface area (Å²) in [6.07, 6.45) is 6.83. The van der Waals surface area contributed by atoms with Crippen LogP contribution in [-0.4, -0.2) is 36.7 Å². The van der Waals surface area contributed by atoms with Gasteiger partial charge in [0.25, 0.3) is 10.0 Å². The average molecular weight is 454 g/mol. The smallest absolute Gasteiger partial charge is 0.252 e. The van der Waals surface area contributed by atoms with Crippen LogP contribution in [0.15, 0.2) is 21.7 Å². The van der Waals surface area contributed by atoms with Gasteiger partial charge in [-0.3, -0.25) is 4.79 Å². The summed E-state index contributed by atoms with van der Waals surface area (Å²) in [5, 5.41) is 5.47. The number of carbonyl (C=O) groups excluding carboxylic acids is 1. The lowest BCUT2D eigenvalue weighted by Crippen LogP contribution is -2.41. The van der Waals surface area contributed by atoms with Crippen LogP contribution < -0.4 is 5.32 Å². The molecule has 4 rings (SSSR count). The largest absolute Gasteiger partial charge is 0.302 e. The van der Waals surface area contributed by atoms with Crippen LogP contribution in [0.25, 0.3) is 0 Å². The van der Waals surface area contributed by atoms with Gasteiger partial charge in [0.15, 0.2) is 5.13 Å². The minimum Gasteiger partial charge on any atom is -0.302 e. The molecule has 1 unspecified atom stereocenters. The summed E-state index contributed by atoms with van der Waals surface area (Å²) in [6.45, 7) is 2.99. The summed E-state index contributed by atoms with van der Waals surface area (Å²) in [5.41, 5.74) is 1.15. The van der Waals surface area contributed by atoms with E-state index in [0.29, 0.717) is 35.3 Å². The first-order chi connectivity index (χ1) is 14.0. The van der Waals surface area contributed by atoms with Crippen molar-refractivity contribution in [1.82, 2.24) is 9.29 Å². The van der Waals surface area contributed by atoms with Gasteiger partial charge in [-0.15, -0.1) is 22.7 Å². The predicted octanol–water partition coefficient (Wildman–Crippen LogP) is 4.15. The van der Waals surface area contributed by atoms with E-state index in [9.17, 15) is 13.2 Å². The Balaban J connectivity index is 1.33. The maximum Gasteiger partial charge on any atom is 0.252 e. The molecule has 9 heteroatoms. The molecule has 6 nitrogen and oxygen atoms in total. The van der Waals surface area contributed by atoms with Crippen LogP contribution >= 0.6 is 22.7 Å². The first-order valence-corrected chi connectivity index (χ1v) is 13.4. The van der Waals surface area contributed by atoms with Crippen LogP contribution in [0.5, 0.6) is 0 Å². The zero-order valence-corrected chi connectivity index (χ0v) is 19.0. The zero-order chi connectivity index (χ0) is 20.4. The third-order valence-electron chi connectivity index (χ3n) is 5.88. The van der Waals surface area contributed by atoms with Crippen LogP contribution in [0.4, 0.5) is 5.13 Å². The molecule has 2 aliphatic rings. The number of hydrogen-bond donors (Lipinski definition) is 1. The number of anilines is 1. The molecule has 1 aliphatic heterocycles. The highest BCUT2D eigenvalue weighted by molar-refractivity contribution is 7.91. The first-order valence-electron chi connectivity index (χ1n) is 10.3. The Morgan fingerprint density at radius 2 is 2.10 bits per heavy atom. The molecule has 1 atom stereocenters. The maximum atomic E-state index is 12.7. The minimum atomic E-state index is -3.43.